The van der Waals surface area contributed by atoms with E-state index in [2.05, 4.69) is 33.2 Å². The quantitative estimate of drug-likeness (QED) is 0.463. The van der Waals surface area contributed by atoms with Crippen molar-refractivity contribution in [3.05, 3.63) is 81.0 Å². The smallest absolute Gasteiger partial charge is 0.316 e. The Morgan fingerprint density at radius 1 is 1.03 bits per heavy atom. The van der Waals surface area contributed by atoms with E-state index in [1.807, 2.05) is 25.2 Å². The van der Waals surface area contributed by atoms with Crippen molar-refractivity contribution in [1.82, 2.24) is 19.4 Å². The van der Waals surface area contributed by atoms with Crippen LogP contribution in [0.4, 0.5) is 0 Å². The molecule has 0 radical (unpaired) electrons. The largest absolute Gasteiger partial charge is 0.354 e. The van der Waals surface area contributed by atoms with Crippen LogP contribution in [0.2, 0.25) is 0 Å². The van der Waals surface area contributed by atoms with Gasteiger partial charge in [0.1, 0.15) is 0 Å². The number of aryl methyl sites for hydroxylation is 2. The molecule has 4 rings (SSSR count). The van der Waals surface area contributed by atoms with Gasteiger partial charge in [-0.2, -0.15) is 0 Å². The third-order valence-electron chi connectivity index (χ3n) is 5.37. The second-order valence-corrected chi connectivity index (χ2v) is 7.41. The monoisotopic (exact) mass is 404 g/mol. The number of carbonyl (C=O) groups is 1. The summed E-state index contributed by atoms with van der Waals surface area (Å²) in [6.45, 7) is 0.540. The van der Waals surface area contributed by atoms with Gasteiger partial charge in [0.05, 0.1) is 11.0 Å². The zero-order valence-electron chi connectivity index (χ0n) is 16.9. The number of amides is 1. The molecular formula is C23H24N4O3. The molecule has 30 heavy (non-hydrogen) atoms. The van der Waals surface area contributed by atoms with Gasteiger partial charge in [-0.05, 0) is 36.6 Å². The molecule has 0 bridgehead atoms. The lowest BCUT2D eigenvalue weighted by molar-refractivity contribution is -0.121. The molecule has 0 spiro atoms. The van der Waals surface area contributed by atoms with Gasteiger partial charge < -0.3 is 19.4 Å². The van der Waals surface area contributed by atoms with E-state index >= 15 is 0 Å². The Labute approximate surface area is 173 Å². The highest BCUT2D eigenvalue weighted by molar-refractivity contribution is 5.84. The van der Waals surface area contributed by atoms with E-state index in [4.69, 9.17) is 0 Å². The average Bonchev–Trinajstić information content (AvgIpc) is 3.07. The Morgan fingerprint density at radius 2 is 1.77 bits per heavy atom. The molecule has 0 unspecified atom stereocenters. The molecule has 2 heterocycles. The normalized spacial score (nSPS) is 11.2. The maximum Gasteiger partial charge on any atom is 0.316 e. The summed E-state index contributed by atoms with van der Waals surface area (Å²) in [5.74, 6) is -0.0579. The first-order chi connectivity index (χ1) is 14.5. The summed E-state index contributed by atoms with van der Waals surface area (Å²) in [5, 5.41) is 4.08. The number of aromatic amines is 1. The summed E-state index contributed by atoms with van der Waals surface area (Å²) < 4.78 is 3.51. The summed E-state index contributed by atoms with van der Waals surface area (Å²) in [6, 6.07) is 15.4. The van der Waals surface area contributed by atoms with Crippen molar-refractivity contribution in [2.45, 2.75) is 25.8 Å². The molecular weight excluding hydrogens is 380 g/mol. The Balaban J connectivity index is 1.33. The van der Waals surface area contributed by atoms with E-state index in [0.717, 1.165) is 12.8 Å². The number of hydrogen-bond donors (Lipinski definition) is 2. The van der Waals surface area contributed by atoms with Crippen molar-refractivity contribution in [3.63, 3.8) is 0 Å². The third kappa shape index (κ3) is 3.91. The van der Waals surface area contributed by atoms with Crippen LogP contribution in [0.15, 0.2) is 64.3 Å². The number of hydrogen-bond acceptors (Lipinski definition) is 3. The molecule has 0 aliphatic heterocycles. The summed E-state index contributed by atoms with van der Waals surface area (Å²) in [7, 11) is 2.03. The third-order valence-corrected chi connectivity index (χ3v) is 5.37. The zero-order valence-corrected chi connectivity index (χ0v) is 16.9. The van der Waals surface area contributed by atoms with Gasteiger partial charge in [0, 0.05) is 43.7 Å². The second-order valence-electron chi connectivity index (χ2n) is 7.41. The SMILES string of the molecule is Cn1cc(CCCC(=O)NCCn2c(=O)c(=O)[nH]c3ccccc32)c2ccccc21. The Hall–Kier alpha value is -3.61. The molecule has 7 heteroatoms. The van der Waals surface area contributed by atoms with Gasteiger partial charge in [-0.25, -0.2) is 0 Å². The van der Waals surface area contributed by atoms with Crippen molar-refractivity contribution >= 4 is 27.8 Å². The van der Waals surface area contributed by atoms with E-state index in [1.54, 1.807) is 18.2 Å². The van der Waals surface area contributed by atoms with E-state index < -0.39 is 11.1 Å². The van der Waals surface area contributed by atoms with Gasteiger partial charge in [-0.3, -0.25) is 14.4 Å². The molecule has 0 aliphatic rings. The molecule has 1 amide bonds. The maximum atomic E-state index is 12.2. The van der Waals surface area contributed by atoms with Crippen LogP contribution in [-0.2, 0) is 24.8 Å². The van der Waals surface area contributed by atoms with Crippen molar-refractivity contribution in [3.8, 4) is 0 Å². The standard InChI is InChI=1S/C23H24N4O3/c1-26-15-16(17-8-2-4-10-19(17)26)7-6-12-21(28)24-13-14-27-20-11-5-3-9-18(20)25-22(29)23(27)30/h2-5,8-11,15H,6-7,12-14H2,1H3,(H,24,28)(H,25,29). The molecule has 154 valence electrons. The summed E-state index contributed by atoms with van der Waals surface area (Å²) in [5.41, 5.74) is 2.40. The van der Waals surface area contributed by atoms with E-state index in [-0.39, 0.29) is 12.5 Å². The number of nitrogens with one attached hydrogen (secondary N) is 2. The molecule has 2 aromatic heterocycles. The number of fused-ring (bicyclic) bond motifs is 2. The van der Waals surface area contributed by atoms with Crippen molar-refractivity contribution < 1.29 is 4.79 Å². The topological polar surface area (TPSA) is 88.9 Å². The fourth-order valence-electron chi connectivity index (χ4n) is 3.90. The molecule has 2 aromatic carbocycles. The fraction of sp³-hybridized carbons (Fsp3) is 0.261. The van der Waals surface area contributed by atoms with Gasteiger partial charge in [-0.1, -0.05) is 30.3 Å². The second kappa shape index (κ2) is 8.41. The van der Waals surface area contributed by atoms with Gasteiger partial charge in [0.15, 0.2) is 0 Å². The van der Waals surface area contributed by atoms with Crippen LogP contribution in [0, 0.1) is 0 Å². The minimum atomic E-state index is -0.657. The molecule has 7 nitrogen and oxygen atoms in total. The summed E-state index contributed by atoms with van der Waals surface area (Å²) in [6.07, 6.45) is 4.10. The van der Waals surface area contributed by atoms with Crippen LogP contribution >= 0.6 is 0 Å². The van der Waals surface area contributed by atoms with E-state index in [0.29, 0.717) is 24.0 Å². The molecule has 4 aromatic rings. The number of benzene rings is 2. The number of para-hydroxylation sites is 3. The number of H-pyrrole nitrogens is 1. The fourth-order valence-corrected chi connectivity index (χ4v) is 3.90. The lowest BCUT2D eigenvalue weighted by atomic mass is 10.1. The van der Waals surface area contributed by atoms with E-state index in [9.17, 15) is 14.4 Å². The lowest BCUT2D eigenvalue weighted by Gasteiger charge is -2.10. The van der Waals surface area contributed by atoms with Gasteiger partial charge in [0.25, 0.3) is 0 Å². The molecule has 0 fully saturated rings. The van der Waals surface area contributed by atoms with Gasteiger partial charge in [0.2, 0.25) is 5.91 Å². The van der Waals surface area contributed by atoms with Crippen molar-refractivity contribution in [2.24, 2.45) is 7.05 Å². The molecule has 0 atom stereocenters. The first-order valence-electron chi connectivity index (χ1n) is 10.1. The molecule has 2 N–H and O–H groups in total. The minimum absolute atomic E-state index is 0.0579. The maximum absolute atomic E-state index is 12.2. The molecule has 0 aliphatic carbocycles. The van der Waals surface area contributed by atoms with Crippen LogP contribution in [0.25, 0.3) is 21.9 Å². The van der Waals surface area contributed by atoms with Crippen LogP contribution in [0.1, 0.15) is 18.4 Å². The van der Waals surface area contributed by atoms with Crippen LogP contribution in [0.5, 0.6) is 0 Å². The highest BCUT2D eigenvalue weighted by Crippen LogP contribution is 2.21. The van der Waals surface area contributed by atoms with Crippen LogP contribution in [-0.4, -0.2) is 26.6 Å². The number of carbonyl (C=O) groups excluding carboxylic acids is 1. The Bertz CT molecular complexity index is 1330. The van der Waals surface area contributed by atoms with E-state index in [1.165, 1.54) is 21.0 Å². The van der Waals surface area contributed by atoms with Crippen molar-refractivity contribution in [1.29, 1.82) is 0 Å². The Morgan fingerprint density at radius 3 is 2.60 bits per heavy atom. The lowest BCUT2D eigenvalue weighted by Crippen LogP contribution is -2.39. The highest BCUT2D eigenvalue weighted by atomic mass is 16.2. The number of rotatable bonds is 7. The summed E-state index contributed by atoms with van der Waals surface area (Å²) in [4.78, 5) is 38.9. The number of nitrogens with zero attached hydrogens (tertiary/aromatic N) is 2. The van der Waals surface area contributed by atoms with Gasteiger partial charge >= 0.3 is 11.1 Å². The zero-order chi connectivity index (χ0) is 21.1. The minimum Gasteiger partial charge on any atom is -0.354 e. The van der Waals surface area contributed by atoms with Crippen LogP contribution < -0.4 is 16.4 Å². The highest BCUT2D eigenvalue weighted by Gasteiger charge is 2.09. The first-order valence-corrected chi connectivity index (χ1v) is 10.1. The predicted octanol–water partition coefficient (Wildman–Crippen LogP) is 2.32. The first kappa shape index (κ1) is 19.7. The van der Waals surface area contributed by atoms with Crippen molar-refractivity contribution in [2.75, 3.05) is 6.54 Å². The van der Waals surface area contributed by atoms with Gasteiger partial charge in [-0.15, -0.1) is 0 Å². The number of aromatic nitrogens is 3. The molecule has 0 saturated heterocycles. The average molecular weight is 404 g/mol. The van der Waals surface area contributed by atoms with Crippen LogP contribution in [0.3, 0.4) is 0 Å². The molecule has 0 saturated carbocycles. The predicted molar refractivity (Wildman–Crippen MR) is 118 cm³/mol. The summed E-state index contributed by atoms with van der Waals surface area (Å²) >= 11 is 0. The Kier molecular flexibility index (Phi) is 5.52.